The normalized spacial score (nSPS) is 23.8. The lowest BCUT2D eigenvalue weighted by atomic mass is 10.1. The summed E-state index contributed by atoms with van der Waals surface area (Å²) in [5, 5.41) is 3.29. The first-order valence-electron chi connectivity index (χ1n) is 6.43. The van der Waals surface area contributed by atoms with Crippen LogP contribution in [0.15, 0.2) is 24.3 Å². The van der Waals surface area contributed by atoms with E-state index in [2.05, 4.69) is 5.32 Å². The van der Waals surface area contributed by atoms with Gasteiger partial charge in [-0.1, -0.05) is 18.2 Å². The molecule has 0 spiro atoms. The smallest absolute Gasteiger partial charge is 0.380 e. The maximum atomic E-state index is 12.6. The van der Waals surface area contributed by atoms with Crippen molar-refractivity contribution >= 4 is 0 Å². The molecule has 2 nitrogen and oxygen atoms in total. The first-order chi connectivity index (χ1) is 9.00. The molecule has 106 valence electrons. The van der Waals surface area contributed by atoms with Crippen LogP contribution in [0.2, 0.25) is 0 Å². The van der Waals surface area contributed by atoms with Crippen molar-refractivity contribution in [3.8, 4) is 0 Å². The zero-order chi connectivity index (χ0) is 13.9. The van der Waals surface area contributed by atoms with Crippen molar-refractivity contribution in [2.75, 3.05) is 7.11 Å². The number of halogens is 3. The molecule has 1 N–H and O–H groups in total. The molecule has 19 heavy (non-hydrogen) atoms. The summed E-state index contributed by atoms with van der Waals surface area (Å²) < 4.78 is 43.1. The van der Waals surface area contributed by atoms with Gasteiger partial charge in [0.15, 0.2) is 0 Å². The maximum Gasteiger partial charge on any atom is 0.416 e. The predicted octanol–water partition coefficient (Wildman–Crippen LogP) is 3.36. The fourth-order valence-electron chi connectivity index (χ4n) is 2.55. The van der Waals surface area contributed by atoms with Gasteiger partial charge in [0.05, 0.1) is 11.7 Å². The monoisotopic (exact) mass is 273 g/mol. The van der Waals surface area contributed by atoms with Gasteiger partial charge in [-0.05, 0) is 30.9 Å². The van der Waals surface area contributed by atoms with Crippen LogP contribution in [0.1, 0.15) is 30.4 Å². The molecule has 2 unspecified atom stereocenters. The number of methoxy groups -OCH3 is 1. The molecule has 5 heteroatoms. The number of ether oxygens (including phenoxy) is 1. The quantitative estimate of drug-likeness (QED) is 0.908. The zero-order valence-corrected chi connectivity index (χ0v) is 10.8. The van der Waals surface area contributed by atoms with Crippen LogP contribution in [0.4, 0.5) is 13.2 Å². The van der Waals surface area contributed by atoms with E-state index in [1.165, 1.54) is 12.1 Å². The Hall–Kier alpha value is -1.07. The van der Waals surface area contributed by atoms with Gasteiger partial charge in [0, 0.05) is 19.7 Å². The Kier molecular flexibility index (Phi) is 4.47. The van der Waals surface area contributed by atoms with E-state index in [9.17, 15) is 13.2 Å². The highest BCUT2D eigenvalue weighted by Gasteiger charge is 2.30. The van der Waals surface area contributed by atoms with E-state index in [4.69, 9.17) is 4.74 Å². The van der Waals surface area contributed by atoms with Crippen molar-refractivity contribution in [3.63, 3.8) is 0 Å². The molecule has 1 aliphatic rings. The van der Waals surface area contributed by atoms with Crippen molar-refractivity contribution in [2.45, 2.75) is 44.1 Å². The Balaban J connectivity index is 1.96. The van der Waals surface area contributed by atoms with Gasteiger partial charge in [-0.2, -0.15) is 13.2 Å². The summed E-state index contributed by atoms with van der Waals surface area (Å²) in [5.41, 5.74) is 0.0538. The predicted molar refractivity (Wildman–Crippen MR) is 66.7 cm³/mol. The number of rotatable bonds is 4. The minimum absolute atomic E-state index is 0.172. The molecule has 0 radical (unpaired) electrons. The molecule has 1 aromatic rings. The average Bonchev–Trinajstić information content (AvgIpc) is 2.83. The number of nitrogens with one attached hydrogen (secondary N) is 1. The second kappa shape index (κ2) is 5.92. The van der Waals surface area contributed by atoms with Crippen LogP contribution in [0.5, 0.6) is 0 Å². The van der Waals surface area contributed by atoms with Crippen molar-refractivity contribution < 1.29 is 17.9 Å². The third-order valence-corrected chi connectivity index (χ3v) is 3.58. The van der Waals surface area contributed by atoms with Gasteiger partial charge in [-0.25, -0.2) is 0 Å². The fraction of sp³-hybridized carbons (Fsp3) is 0.571. The van der Waals surface area contributed by atoms with Crippen LogP contribution < -0.4 is 5.32 Å². The number of alkyl halides is 3. The molecular formula is C14H18F3NO. The zero-order valence-electron chi connectivity index (χ0n) is 10.8. The van der Waals surface area contributed by atoms with Crippen molar-refractivity contribution in [3.05, 3.63) is 35.4 Å². The van der Waals surface area contributed by atoms with Crippen LogP contribution >= 0.6 is 0 Å². The Morgan fingerprint density at radius 3 is 2.79 bits per heavy atom. The lowest BCUT2D eigenvalue weighted by Gasteiger charge is -2.20. The first-order valence-corrected chi connectivity index (χ1v) is 6.43. The van der Waals surface area contributed by atoms with E-state index < -0.39 is 11.7 Å². The Morgan fingerprint density at radius 1 is 1.32 bits per heavy atom. The van der Waals surface area contributed by atoms with E-state index in [-0.39, 0.29) is 12.1 Å². The lowest BCUT2D eigenvalue weighted by Crippen LogP contribution is -2.36. The SMILES string of the molecule is COC1CCCC1NCc1cccc(C(F)(F)F)c1. The molecule has 2 rings (SSSR count). The highest BCUT2D eigenvalue weighted by atomic mass is 19.4. The highest BCUT2D eigenvalue weighted by Crippen LogP contribution is 2.29. The van der Waals surface area contributed by atoms with Crippen molar-refractivity contribution in [1.29, 1.82) is 0 Å². The van der Waals surface area contributed by atoms with E-state index in [1.54, 1.807) is 13.2 Å². The van der Waals surface area contributed by atoms with Gasteiger partial charge in [-0.3, -0.25) is 0 Å². The second-order valence-electron chi connectivity index (χ2n) is 4.89. The third-order valence-electron chi connectivity index (χ3n) is 3.58. The minimum atomic E-state index is -4.28. The largest absolute Gasteiger partial charge is 0.416 e. The van der Waals surface area contributed by atoms with Gasteiger partial charge in [-0.15, -0.1) is 0 Å². The number of hydrogen-bond acceptors (Lipinski definition) is 2. The standard InChI is InChI=1S/C14H18F3NO/c1-19-13-7-3-6-12(13)18-9-10-4-2-5-11(8-10)14(15,16)17/h2,4-5,8,12-13,18H,3,6-7,9H2,1H3. The maximum absolute atomic E-state index is 12.6. The number of hydrogen-bond donors (Lipinski definition) is 1. The molecule has 1 aliphatic carbocycles. The Morgan fingerprint density at radius 2 is 2.11 bits per heavy atom. The summed E-state index contributed by atoms with van der Waals surface area (Å²) in [7, 11) is 1.68. The van der Waals surface area contributed by atoms with Crippen LogP contribution in [0.3, 0.4) is 0 Å². The van der Waals surface area contributed by atoms with E-state index in [0.717, 1.165) is 25.3 Å². The van der Waals surface area contributed by atoms with Crippen molar-refractivity contribution in [1.82, 2.24) is 5.32 Å². The molecule has 0 aromatic heterocycles. The highest BCUT2D eigenvalue weighted by molar-refractivity contribution is 5.25. The van der Waals surface area contributed by atoms with Gasteiger partial charge < -0.3 is 10.1 Å². The lowest BCUT2D eigenvalue weighted by molar-refractivity contribution is -0.137. The van der Waals surface area contributed by atoms with Crippen LogP contribution in [0.25, 0.3) is 0 Å². The molecule has 1 aromatic carbocycles. The molecule has 1 saturated carbocycles. The molecule has 0 bridgehead atoms. The summed E-state index contributed by atoms with van der Waals surface area (Å²) >= 11 is 0. The molecule has 0 amide bonds. The molecule has 2 atom stereocenters. The topological polar surface area (TPSA) is 21.3 Å². The Labute approximate surface area is 111 Å². The van der Waals surface area contributed by atoms with Gasteiger partial charge in [0.2, 0.25) is 0 Å². The minimum Gasteiger partial charge on any atom is -0.380 e. The molecule has 0 heterocycles. The number of benzene rings is 1. The van der Waals surface area contributed by atoms with Crippen LogP contribution in [-0.2, 0) is 17.5 Å². The van der Waals surface area contributed by atoms with E-state index >= 15 is 0 Å². The van der Waals surface area contributed by atoms with E-state index in [1.807, 2.05) is 0 Å². The van der Waals surface area contributed by atoms with E-state index in [0.29, 0.717) is 12.1 Å². The molecule has 1 fully saturated rings. The average molecular weight is 273 g/mol. The Bertz CT molecular complexity index is 419. The molecule has 0 aliphatic heterocycles. The summed E-state index contributed by atoms with van der Waals surface area (Å²) in [4.78, 5) is 0. The first kappa shape index (κ1) is 14.3. The summed E-state index contributed by atoms with van der Waals surface area (Å²) in [6.07, 6.45) is -0.989. The molecule has 0 saturated heterocycles. The summed E-state index contributed by atoms with van der Waals surface area (Å²) in [6, 6.07) is 5.68. The van der Waals surface area contributed by atoms with Gasteiger partial charge in [0.1, 0.15) is 0 Å². The van der Waals surface area contributed by atoms with Crippen molar-refractivity contribution in [2.24, 2.45) is 0 Å². The van der Waals surface area contributed by atoms with Gasteiger partial charge in [0.25, 0.3) is 0 Å². The fourth-order valence-corrected chi connectivity index (χ4v) is 2.55. The van der Waals surface area contributed by atoms with Gasteiger partial charge >= 0.3 is 6.18 Å². The molecular weight excluding hydrogens is 255 g/mol. The van der Waals surface area contributed by atoms with Crippen LogP contribution in [0, 0.1) is 0 Å². The summed E-state index contributed by atoms with van der Waals surface area (Å²) in [5.74, 6) is 0. The van der Waals surface area contributed by atoms with Crippen LogP contribution in [-0.4, -0.2) is 19.3 Å². The summed E-state index contributed by atoms with van der Waals surface area (Å²) in [6.45, 7) is 0.439. The second-order valence-corrected chi connectivity index (χ2v) is 4.89. The third kappa shape index (κ3) is 3.70.